The van der Waals surface area contributed by atoms with Crippen molar-refractivity contribution in [2.75, 3.05) is 6.54 Å². The second-order valence-corrected chi connectivity index (χ2v) is 9.34. The van der Waals surface area contributed by atoms with Gasteiger partial charge in [0.2, 0.25) is 5.88 Å². The van der Waals surface area contributed by atoms with Crippen molar-refractivity contribution in [3.63, 3.8) is 0 Å². The molecule has 1 amide bonds. The van der Waals surface area contributed by atoms with Gasteiger partial charge in [-0.2, -0.15) is 5.10 Å². The van der Waals surface area contributed by atoms with Crippen LogP contribution >= 0.6 is 0 Å². The van der Waals surface area contributed by atoms with Crippen LogP contribution in [0.15, 0.2) is 67.0 Å². The number of ether oxygens (including phenoxy) is 2. The maximum absolute atomic E-state index is 11.8. The highest BCUT2D eigenvalue weighted by atomic mass is 16.6. The van der Waals surface area contributed by atoms with E-state index in [9.17, 15) is 4.79 Å². The van der Waals surface area contributed by atoms with Crippen molar-refractivity contribution >= 4 is 11.9 Å². The number of rotatable bonds is 7. The lowest BCUT2D eigenvalue weighted by molar-refractivity contribution is 0.0528. The van der Waals surface area contributed by atoms with E-state index in [1.807, 2.05) is 69.3 Å². The van der Waals surface area contributed by atoms with Crippen molar-refractivity contribution in [1.82, 2.24) is 25.1 Å². The van der Waals surface area contributed by atoms with Crippen molar-refractivity contribution in [2.45, 2.75) is 32.8 Å². The second kappa shape index (κ2) is 10.9. The molecule has 3 aromatic heterocycles. The normalized spacial score (nSPS) is 11.0. The Bertz CT molecular complexity index is 1420. The van der Waals surface area contributed by atoms with Gasteiger partial charge in [0.1, 0.15) is 17.5 Å². The van der Waals surface area contributed by atoms with Gasteiger partial charge in [-0.1, -0.05) is 43.0 Å². The van der Waals surface area contributed by atoms with Gasteiger partial charge in [-0.15, -0.1) is 4.98 Å². The fraction of sp³-hybridized carbons (Fsp3) is 0.250. The predicted octanol–water partition coefficient (Wildman–Crippen LogP) is 5.95. The molecule has 0 spiro atoms. The molecule has 9 nitrogen and oxygen atoms in total. The van der Waals surface area contributed by atoms with Gasteiger partial charge in [-0.3, -0.25) is 4.98 Å². The fourth-order valence-electron chi connectivity index (χ4n) is 3.53. The average Bonchev–Trinajstić information content (AvgIpc) is 3.24. The average molecular weight is 497 g/mol. The van der Waals surface area contributed by atoms with Crippen LogP contribution in [0.1, 0.15) is 26.3 Å². The first-order valence-corrected chi connectivity index (χ1v) is 11.8. The fourth-order valence-corrected chi connectivity index (χ4v) is 3.53. The number of amides is 1. The SMILES string of the molecule is [C-]#[N+]c1cc(Oc2cc(-c3ccccc3)nn2C)c(-c2ccc(CCNC(=O)OC(C)(C)C)cn2)cn1. The Kier molecular flexibility index (Phi) is 7.49. The van der Waals surface area contributed by atoms with Gasteiger partial charge in [0.15, 0.2) is 0 Å². The predicted molar refractivity (Wildman–Crippen MR) is 140 cm³/mol. The largest absolute Gasteiger partial charge is 0.444 e. The molecule has 188 valence electrons. The first-order chi connectivity index (χ1) is 17.7. The lowest BCUT2D eigenvalue weighted by Crippen LogP contribution is -2.33. The molecule has 0 radical (unpaired) electrons. The first-order valence-electron chi connectivity index (χ1n) is 11.8. The molecule has 0 unspecified atom stereocenters. The van der Waals surface area contributed by atoms with E-state index in [1.165, 1.54) is 0 Å². The molecular weight excluding hydrogens is 468 g/mol. The minimum absolute atomic E-state index is 0.217. The summed E-state index contributed by atoms with van der Waals surface area (Å²) in [5, 5.41) is 7.30. The van der Waals surface area contributed by atoms with Gasteiger partial charge in [0.05, 0.1) is 17.0 Å². The van der Waals surface area contributed by atoms with Gasteiger partial charge in [-0.25, -0.2) is 9.48 Å². The molecule has 4 aromatic rings. The number of nitrogens with zero attached hydrogens (tertiary/aromatic N) is 5. The molecule has 0 aliphatic carbocycles. The number of aromatic nitrogens is 4. The van der Waals surface area contributed by atoms with Crippen LogP contribution in [0.5, 0.6) is 11.6 Å². The highest BCUT2D eigenvalue weighted by Gasteiger charge is 2.17. The maximum Gasteiger partial charge on any atom is 0.407 e. The van der Waals surface area contributed by atoms with Gasteiger partial charge < -0.3 is 19.6 Å². The Labute approximate surface area is 215 Å². The Morgan fingerprint density at radius 2 is 1.84 bits per heavy atom. The van der Waals surface area contributed by atoms with Crippen molar-refractivity contribution in [3.05, 3.63) is 84.0 Å². The van der Waals surface area contributed by atoms with Crippen LogP contribution in [-0.2, 0) is 18.2 Å². The minimum Gasteiger partial charge on any atom is -0.444 e. The second-order valence-electron chi connectivity index (χ2n) is 9.34. The van der Waals surface area contributed by atoms with Crippen LogP contribution in [0.4, 0.5) is 10.6 Å². The molecule has 0 saturated carbocycles. The van der Waals surface area contributed by atoms with Crippen LogP contribution in [0.3, 0.4) is 0 Å². The van der Waals surface area contributed by atoms with Crippen molar-refractivity contribution in [2.24, 2.45) is 7.05 Å². The topological polar surface area (TPSA) is 95.5 Å². The Morgan fingerprint density at radius 3 is 2.51 bits per heavy atom. The van der Waals surface area contributed by atoms with E-state index in [4.69, 9.17) is 16.0 Å². The van der Waals surface area contributed by atoms with E-state index in [0.717, 1.165) is 16.8 Å². The molecule has 0 aliphatic heterocycles. The third kappa shape index (κ3) is 6.70. The van der Waals surface area contributed by atoms with E-state index in [2.05, 4.69) is 25.2 Å². The highest BCUT2D eigenvalue weighted by Crippen LogP contribution is 2.35. The molecule has 1 aromatic carbocycles. The summed E-state index contributed by atoms with van der Waals surface area (Å²) in [6.07, 6.45) is 3.48. The van der Waals surface area contributed by atoms with Crippen LogP contribution in [0, 0.1) is 6.57 Å². The van der Waals surface area contributed by atoms with Crippen LogP contribution < -0.4 is 10.1 Å². The van der Waals surface area contributed by atoms with Gasteiger partial charge >= 0.3 is 6.09 Å². The monoisotopic (exact) mass is 496 g/mol. The van der Waals surface area contributed by atoms with E-state index in [1.54, 1.807) is 30.2 Å². The molecule has 0 saturated heterocycles. The van der Waals surface area contributed by atoms with Gasteiger partial charge in [0, 0.05) is 37.5 Å². The number of nitrogens with one attached hydrogen (secondary N) is 1. The number of carbonyl (C=O) groups is 1. The zero-order valence-electron chi connectivity index (χ0n) is 21.2. The van der Waals surface area contributed by atoms with Crippen LogP contribution in [0.2, 0.25) is 0 Å². The molecule has 3 heterocycles. The number of alkyl carbamates (subject to hydrolysis) is 1. The molecule has 37 heavy (non-hydrogen) atoms. The van der Waals surface area contributed by atoms with Crippen molar-refractivity contribution < 1.29 is 14.3 Å². The number of carbonyl (C=O) groups excluding carboxylic acids is 1. The minimum atomic E-state index is -0.539. The Morgan fingerprint density at radius 1 is 1.05 bits per heavy atom. The summed E-state index contributed by atoms with van der Waals surface area (Å²) in [6, 6.07) is 17.1. The third-order valence-corrected chi connectivity index (χ3v) is 5.27. The Balaban J connectivity index is 1.51. The smallest absolute Gasteiger partial charge is 0.407 e. The number of hydrogen-bond acceptors (Lipinski definition) is 6. The lowest BCUT2D eigenvalue weighted by atomic mass is 10.1. The van der Waals surface area contributed by atoms with Crippen molar-refractivity contribution in [3.8, 4) is 34.1 Å². The molecule has 0 fully saturated rings. The van der Waals surface area contributed by atoms with E-state index < -0.39 is 11.7 Å². The quantitative estimate of drug-likeness (QED) is 0.318. The van der Waals surface area contributed by atoms with Crippen LogP contribution in [-0.4, -0.2) is 38.0 Å². The van der Waals surface area contributed by atoms with Gasteiger partial charge in [-0.05, 0) is 38.8 Å². The summed E-state index contributed by atoms with van der Waals surface area (Å²) in [5.41, 5.74) is 3.46. The summed E-state index contributed by atoms with van der Waals surface area (Å²) >= 11 is 0. The summed E-state index contributed by atoms with van der Waals surface area (Å²) in [7, 11) is 1.80. The zero-order valence-corrected chi connectivity index (χ0v) is 21.2. The molecule has 1 N–H and O–H groups in total. The molecular formula is C28H28N6O3. The number of benzene rings is 1. The van der Waals surface area contributed by atoms with E-state index in [-0.39, 0.29) is 5.82 Å². The Hall–Kier alpha value is -4.71. The zero-order chi connectivity index (χ0) is 26.4. The molecule has 9 heteroatoms. The van der Waals surface area contributed by atoms with Gasteiger partial charge in [0.25, 0.3) is 5.82 Å². The summed E-state index contributed by atoms with van der Waals surface area (Å²) in [5.74, 6) is 1.19. The van der Waals surface area contributed by atoms with Crippen LogP contribution in [0.25, 0.3) is 27.4 Å². The molecule has 4 rings (SSSR count). The first kappa shape index (κ1) is 25.4. The molecule has 0 bridgehead atoms. The summed E-state index contributed by atoms with van der Waals surface area (Å²) < 4.78 is 13.1. The standard InChI is InChI=1S/C28H28N6O3/c1-28(2,3)37-27(35)30-14-13-19-11-12-22(31-17-19)21-18-32-25(29-4)16-24(21)36-26-15-23(33-34(26)5)20-9-7-6-8-10-20/h6-12,15-18H,13-14H2,1-3,5H3,(H,30,35). The summed E-state index contributed by atoms with van der Waals surface area (Å²) in [6.45, 7) is 13.3. The maximum atomic E-state index is 11.8. The third-order valence-electron chi connectivity index (χ3n) is 5.27. The number of aryl methyl sites for hydroxylation is 1. The van der Waals surface area contributed by atoms with Crippen molar-refractivity contribution in [1.29, 1.82) is 0 Å². The number of pyridine rings is 2. The highest BCUT2D eigenvalue weighted by molar-refractivity contribution is 5.70. The molecule has 0 aliphatic rings. The van der Waals surface area contributed by atoms with E-state index >= 15 is 0 Å². The molecule has 0 atom stereocenters. The lowest BCUT2D eigenvalue weighted by Gasteiger charge is -2.19. The van der Waals surface area contributed by atoms with E-state index in [0.29, 0.717) is 35.9 Å². The number of hydrogen-bond donors (Lipinski definition) is 1. The summed E-state index contributed by atoms with van der Waals surface area (Å²) in [4.78, 5) is 24.1.